The van der Waals surface area contributed by atoms with Crippen LogP contribution in [0.25, 0.3) is 0 Å². The number of aliphatic hydroxyl groups is 1. The van der Waals surface area contributed by atoms with E-state index in [2.05, 4.69) is 27.1 Å². The van der Waals surface area contributed by atoms with Crippen LogP contribution in [-0.2, 0) is 0 Å². The lowest BCUT2D eigenvalue weighted by molar-refractivity contribution is 0.206. The minimum atomic E-state index is 0.202. The highest BCUT2D eigenvalue weighted by Crippen LogP contribution is 2.04. The van der Waals surface area contributed by atoms with E-state index >= 15 is 0 Å². The summed E-state index contributed by atoms with van der Waals surface area (Å²) in [6, 6.07) is 0. The summed E-state index contributed by atoms with van der Waals surface area (Å²) in [7, 11) is 0. The Hall–Kier alpha value is -1.20. The first-order valence-corrected chi connectivity index (χ1v) is 6.04. The molecule has 1 rings (SSSR count). The molecule has 96 valence electrons. The van der Waals surface area contributed by atoms with Crippen molar-refractivity contribution in [1.82, 2.24) is 14.9 Å². The Morgan fingerprint density at radius 3 is 2.71 bits per heavy atom. The Kier molecular flexibility index (Phi) is 5.86. The molecule has 5 heteroatoms. The van der Waals surface area contributed by atoms with E-state index in [1.165, 1.54) is 0 Å². The molecule has 0 radical (unpaired) electrons. The predicted octanol–water partition coefficient (Wildman–Crippen LogP) is 0.820. The van der Waals surface area contributed by atoms with Gasteiger partial charge in [0.1, 0.15) is 0 Å². The van der Waals surface area contributed by atoms with Crippen molar-refractivity contribution in [3.05, 3.63) is 17.5 Å². The lowest BCUT2D eigenvalue weighted by Crippen LogP contribution is -2.31. The fourth-order valence-electron chi connectivity index (χ4n) is 1.51. The van der Waals surface area contributed by atoms with Crippen molar-refractivity contribution in [3.8, 4) is 0 Å². The van der Waals surface area contributed by atoms with Crippen molar-refractivity contribution < 1.29 is 5.11 Å². The van der Waals surface area contributed by atoms with Crippen LogP contribution in [0, 0.1) is 13.8 Å². The van der Waals surface area contributed by atoms with E-state index in [0.717, 1.165) is 30.9 Å². The summed E-state index contributed by atoms with van der Waals surface area (Å²) < 4.78 is 0. The van der Waals surface area contributed by atoms with E-state index in [1.54, 1.807) is 0 Å². The first-order chi connectivity index (χ1) is 8.17. The first kappa shape index (κ1) is 13.9. The van der Waals surface area contributed by atoms with Crippen LogP contribution in [0.1, 0.15) is 18.2 Å². The minimum absolute atomic E-state index is 0.202. The summed E-state index contributed by atoms with van der Waals surface area (Å²) in [6.45, 7) is 9.59. The molecule has 5 nitrogen and oxygen atoms in total. The van der Waals surface area contributed by atoms with Gasteiger partial charge in [0.15, 0.2) is 0 Å². The summed E-state index contributed by atoms with van der Waals surface area (Å²) >= 11 is 0. The molecule has 0 aliphatic rings. The van der Waals surface area contributed by atoms with Crippen LogP contribution in [0.4, 0.5) is 5.95 Å². The van der Waals surface area contributed by atoms with E-state index in [9.17, 15) is 0 Å². The Balaban J connectivity index is 2.37. The van der Waals surface area contributed by atoms with Crippen LogP contribution in [0.5, 0.6) is 0 Å². The molecule has 0 aliphatic carbocycles. The number of nitrogens with zero attached hydrogens (tertiary/aromatic N) is 3. The molecule has 0 unspecified atom stereocenters. The molecule has 1 aromatic rings. The average molecular weight is 238 g/mol. The summed E-state index contributed by atoms with van der Waals surface area (Å²) in [4.78, 5) is 10.7. The third kappa shape index (κ3) is 4.66. The van der Waals surface area contributed by atoms with Gasteiger partial charge in [0.2, 0.25) is 5.95 Å². The number of hydrogen-bond donors (Lipinski definition) is 2. The van der Waals surface area contributed by atoms with Crippen LogP contribution in [-0.4, -0.2) is 52.8 Å². The second-order valence-corrected chi connectivity index (χ2v) is 4.05. The molecule has 0 fully saturated rings. The zero-order valence-corrected chi connectivity index (χ0v) is 10.9. The van der Waals surface area contributed by atoms with Crippen molar-refractivity contribution in [2.75, 3.05) is 38.1 Å². The zero-order valence-electron chi connectivity index (χ0n) is 10.9. The predicted molar refractivity (Wildman–Crippen MR) is 69.2 cm³/mol. The van der Waals surface area contributed by atoms with Crippen LogP contribution in [0.3, 0.4) is 0 Å². The fraction of sp³-hybridized carbons (Fsp3) is 0.667. The maximum Gasteiger partial charge on any atom is 0.222 e. The molecule has 1 aromatic heterocycles. The molecular weight excluding hydrogens is 216 g/mol. The largest absolute Gasteiger partial charge is 0.395 e. The lowest BCUT2D eigenvalue weighted by Gasteiger charge is -2.19. The second kappa shape index (κ2) is 7.19. The Morgan fingerprint density at radius 1 is 1.35 bits per heavy atom. The van der Waals surface area contributed by atoms with E-state index < -0.39 is 0 Å². The number of aromatic nitrogens is 2. The van der Waals surface area contributed by atoms with Crippen molar-refractivity contribution in [3.63, 3.8) is 0 Å². The number of rotatable bonds is 7. The van der Waals surface area contributed by atoms with Gasteiger partial charge in [-0.3, -0.25) is 4.90 Å². The van der Waals surface area contributed by atoms with Crippen LogP contribution >= 0.6 is 0 Å². The summed E-state index contributed by atoms with van der Waals surface area (Å²) in [5.41, 5.74) is 2.11. The number of aryl methyl sites for hydroxylation is 2. The Labute approximate surface area is 103 Å². The van der Waals surface area contributed by atoms with Crippen LogP contribution in [0.15, 0.2) is 6.20 Å². The van der Waals surface area contributed by atoms with E-state index in [4.69, 9.17) is 5.11 Å². The van der Waals surface area contributed by atoms with Gasteiger partial charge in [0, 0.05) is 31.5 Å². The topological polar surface area (TPSA) is 61.3 Å². The van der Waals surface area contributed by atoms with Gasteiger partial charge in [-0.25, -0.2) is 9.97 Å². The van der Waals surface area contributed by atoms with Crippen molar-refractivity contribution in [2.45, 2.75) is 20.8 Å². The monoisotopic (exact) mass is 238 g/mol. The quantitative estimate of drug-likeness (QED) is 0.736. The fourth-order valence-corrected chi connectivity index (χ4v) is 1.51. The third-order valence-electron chi connectivity index (χ3n) is 2.80. The van der Waals surface area contributed by atoms with Gasteiger partial charge in [-0.2, -0.15) is 0 Å². The van der Waals surface area contributed by atoms with Gasteiger partial charge in [0.05, 0.1) is 6.61 Å². The Bertz CT molecular complexity index is 343. The molecule has 0 spiro atoms. The van der Waals surface area contributed by atoms with Crippen molar-refractivity contribution >= 4 is 5.95 Å². The molecule has 0 aliphatic heterocycles. The highest BCUT2D eigenvalue weighted by molar-refractivity contribution is 5.28. The van der Waals surface area contributed by atoms with Gasteiger partial charge in [-0.1, -0.05) is 6.92 Å². The molecule has 0 saturated heterocycles. The van der Waals surface area contributed by atoms with Gasteiger partial charge < -0.3 is 10.4 Å². The molecular formula is C12H22N4O. The smallest absolute Gasteiger partial charge is 0.222 e. The molecule has 0 bridgehead atoms. The molecule has 1 heterocycles. The standard InChI is InChI=1S/C12H22N4O/c1-4-16(7-8-17)6-5-13-12-14-9-10(2)11(3)15-12/h9,17H,4-8H2,1-3H3,(H,13,14,15). The van der Waals surface area contributed by atoms with E-state index in [0.29, 0.717) is 12.5 Å². The maximum absolute atomic E-state index is 8.86. The Morgan fingerprint density at radius 2 is 2.12 bits per heavy atom. The average Bonchev–Trinajstić information content (AvgIpc) is 2.32. The molecule has 17 heavy (non-hydrogen) atoms. The number of nitrogens with one attached hydrogen (secondary N) is 1. The number of hydrogen-bond acceptors (Lipinski definition) is 5. The maximum atomic E-state index is 8.86. The molecule has 0 atom stereocenters. The van der Waals surface area contributed by atoms with Crippen molar-refractivity contribution in [1.29, 1.82) is 0 Å². The summed E-state index contributed by atoms with van der Waals surface area (Å²) in [6.07, 6.45) is 1.83. The summed E-state index contributed by atoms with van der Waals surface area (Å²) in [5, 5.41) is 12.1. The van der Waals surface area contributed by atoms with Crippen LogP contribution < -0.4 is 5.32 Å². The first-order valence-electron chi connectivity index (χ1n) is 6.04. The highest BCUT2D eigenvalue weighted by atomic mass is 16.3. The normalized spacial score (nSPS) is 10.9. The van der Waals surface area contributed by atoms with Crippen molar-refractivity contribution in [2.24, 2.45) is 0 Å². The second-order valence-electron chi connectivity index (χ2n) is 4.05. The van der Waals surface area contributed by atoms with Gasteiger partial charge in [-0.05, 0) is 26.0 Å². The molecule has 0 aromatic carbocycles. The van der Waals surface area contributed by atoms with Gasteiger partial charge in [0.25, 0.3) is 0 Å². The molecule has 2 N–H and O–H groups in total. The van der Waals surface area contributed by atoms with Gasteiger partial charge in [-0.15, -0.1) is 0 Å². The SMILES string of the molecule is CCN(CCO)CCNc1ncc(C)c(C)n1. The third-order valence-corrected chi connectivity index (χ3v) is 2.80. The lowest BCUT2D eigenvalue weighted by atomic mass is 10.3. The van der Waals surface area contributed by atoms with E-state index in [1.807, 2.05) is 20.0 Å². The summed E-state index contributed by atoms with van der Waals surface area (Å²) in [5.74, 6) is 0.674. The molecule has 0 saturated carbocycles. The number of likely N-dealkylation sites (N-methyl/N-ethyl adjacent to an activating group) is 1. The highest BCUT2D eigenvalue weighted by Gasteiger charge is 2.02. The minimum Gasteiger partial charge on any atom is -0.395 e. The van der Waals surface area contributed by atoms with E-state index in [-0.39, 0.29) is 6.61 Å². The number of aliphatic hydroxyl groups excluding tert-OH is 1. The van der Waals surface area contributed by atoms with Gasteiger partial charge >= 0.3 is 0 Å². The zero-order chi connectivity index (χ0) is 12.7. The number of anilines is 1. The van der Waals surface area contributed by atoms with Crippen LogP contribution in [0.2, 0.25) is 0 Å². The molecule has 0 amide bonds.